The molecule has 2 aromatic carbocycles. The first-order valence-electron chi connectivity index (χ1n) is 9.13. The number of ether oxygens (including phenoxy) is 3. The molecule has 0 saturated heterocycles. The summed E-state index contributed by atoms with van der Waals surface area (Å²) in [4.78, 5) is 12.2. The standard InChI is InChI=1S/C22H24O4Se/c1-3-4-13-20(23)26-19-15-25-21(16-9-8-10-17(14-16)24-2)22(19)27-18-11-6-5-7-12-18/h5-12,14,21H,3-4,13,15H2,1-2H3. The summed E-state index contributed by atoms with van der Waals surface area (Å²) < 4.78 is 19.4. The summed E-state index contributed by atoms with van der Waals surface area (Å²) in [5.41, 5.74) is 1.02. The molecule has 0 N–H and O–H groups in total. The average Bonchev–Trinajstić information content (AvgIpc) is 3.09. The van der Waals surface area contributed by atoms with Gasteiger partial charge in [-0.1, -0.05) is 0 Å². The van der Waals surface area contributed by atoms with E-state index in [-0.39, 0.29) is 27.0 Å². The summed E-state index contributed by atoms with van der Waals surface area (Å²) in [6.45, 7) is 2.39. The predicted octanol–water partition coefficient (Wildman–Crippen LogP) is 3.74. The molecule has 1 aliphatic rings. The Labute approximate surface area is 166 Å². The molecule has 0 fully saturated rings. The van der Waals surface area contributed by atoms with Gasteiger partial charge in [0.05, 0.1) is 0 Å². The maximum atomic E-state index is 12.2. The molecule has 1 atom stereocenters. The van der Waals surface area contributed by atoms with Crippen molar-refractivity contribution in [2.24, 2.45) is 0 Å². The SMILES string of the molecule is CCCCC(=O)OC1=C([Se]c2ccccc2)C(c2cccc(OC)c2)OC1. The van der Waals surface area contributed by atoms with Gasteiger partial charge in [-0.3, -0.25) is 0 Å². The Balaban J connectivity index is 1.88. The first-order valence-corrected chi connectivity index (χ1v) is 10.8. The van der Waals surface area contributed by atoms with E-state index in [0.29, 0.717) is 18.8 Å². The molecule has 0 aromatic heterocycles. The average molecular weight is 431 g/mol. The van der Waals surface area contributed by atoms with Crippen LogP contribution in [0.25, 0.3) is 0 Å². The van der Waals surface area contributed by atoms with Gasteiger partial charge in [0.15, 0.2) is 0 Å². The van der Waals surface area contributed by atoms with Gasteiger partial charge in [-0.25, -0.2) is 0 Å². The zero-order valence-electron chi connectivity index (χ0n) is 15.6. The molecule has 1 heterocycles. The third-order valence-corrected chi connectivity index (χ3v) is 6.69. The van der Waals surface area contributed by atoms with Crippen LogP contribution in [0.15, 0.2) is 64.8 Å². The Bertz CT molecular complexity index is 801. The van der Waals surface area contributed by atoms with Crippen molar-refractivity contribution in [3.63, 3.8) is 0 Å². The molecule has 0 aliphatic carbocycles. The second-order valence-corrected chi connectivity index (χ2v) is 8.59. The van der Waals surface area contributed by atoms with Gasteiger partial charge < -0.3 is 0 Å². The summed E-state index contributed by atoms with van der Waals surface area (Å²) in [6, 6.07) is 18.1. The van der Waals surface area contributed by atoms with Crippen LogP contribution in [0.1, 0.15) is 37.9 Å². The molecule has 27 heavy (non-hydrogen) atoms. The van der Waals surface area contributed by atoms with E-state index < -0.39 is 0 Å². The Hall–Kier alpha value is -2.07. The number of carbonyl (C=O) groups excluding carboxylic acids is 1. The van der Waals surface area contributed by atoms with Crippen LogP contribution in [0.3, 0.4) is 0 Å². The molecule has 0 saturated carbocycles. The Morgan fingerprint density at radius 3 is 2.74 bits per heavy atom. The van der Waals surface area contributed by atoms with Crippen LogP contribution < -0.4 is 9.20 Å². The van der Waals surface area contributed by atoms with Crippen molar-refractivity contribution in [3.8, 4) is 5.75 Å². The minimum atomic E-state index is -0.214. The van der Waals surface area contributed by atoms with Crippen molar-refractivity contribution in [3.05, 3.63) is 70.4 Å². The van der Waals surface area contributed by atoms with Gasteiger partial charge in [-0.05, 0) is 0 Å². The van der Waals surface area contributed by atoms with E-state index in [9.17, 15) is 4.79 Å². The van der Waals surface area contributed by atoms with Gasteiger partial charge in [0, 0.05) is 0 Å². The third-order valence-electron chi connectivity index (χ3n) is 4.23. The summed E-state index contributed by atoms with van der Waals surface area (Å²) in [7, 11) is 1.65. The molecule has 0 spiro atoms. The fourth-order valence-corrected chi connectivity index (χ4v) is 5.07. The van der Waals surface area contributed by atoms with Crippen LogP contribution in [-0.2, 0) is 14.3 Å². The molecule has 5 heteroatoms. The van der Waals surface area contributed by atoms with E-state index in [1.165, 1.54) is 4.46 Å². The first kappa shape index (κ1) is 19.7. The van der Waals surface area contributed by atoms with Crippen LogP contribution in [0.4, 0.5) is 0 Å². The van der Waals surface area contributed by atoms with E-state index >= 15 is 0 Å². The minimum absolute atomic E-state index is 0.00583. The van der Waals surface area contributed by atoms with E-state index in [1.807, 2.05) is 42.5 Å². The second kappa shape index (κ2) is 9.75. The van der Waals surface area contributed by atoms with Crippen LogP contribution in [0.2, 0.25) is 0 Å². The normalized spacial score (nSPS) is 16.4. The van der Waals surface area contributed by atoms with Crippen molar-refractivity contribution in [1.82, 2.24) is 0 Å². The maximum absolute atomic E-state index is 12.2. The summed E-state index contributed by atoms with van der Waals surface area (Å²) >= 11 is 0.00583. The van der Waals surface area contributed by atoms with Gasteiger partial charge in [0.25, 0.3) is 0 Å². The topological polar surface area (TPSA) is 44.8 Å². The second-order valence-electron chi connectivity index (χ2n) is 6.25. The molecule has 2 aromatic rings. The molecule has 142 valence electrons. The summed E-state index contributed by atoms with van der Waals surface area (Å²) in [5.74, 6) is 1.28. The fraction of sp³-hybridized carbons (Fsp3) is 0.318. The Morgan fingerprint density at radius 2 is 2.00 bits per heavy atom. The van der Waals surface area contributed by atoms with Crippen molar-refractivity contribution in [1.29, 1.82) is 0 Å². The van der Waals surface area contributed by atoms with Crippen molar-refractivity contribution < 1.29 is 19.0 Å². The summed E-state index contributed by atoms with van der Waals surface area (Å²) in [5, 5.41) is 0. The van der Waals surface area contributed by atoms with Gasteiger partial charge in [-0.15, -0.1) is 0 Å². The molecule has 4 nitrogen and oxygen atoms in total. The van der Waals surface area contributed by atoms with Crippen LogP contribution in [0.5, 0.6) is 5.75 Å². The number of benzene rings is 2. The van der Waals surface area contributed by atoms with Crippen molar-refractivity contribution in [2.45, 2.75) is 32.3 Å². The molecule has 1 unspecified atom stereocenters. The van der Waals surface area contributed by atoms with Crippen LogP contribution in [0, 0.1) is 0 Å². The van der Waals surface area contributed by atoms with Gasteiger partial charge in [0.1, 0.15) is 0 Å². The van der Waals surface area contributed by atoms with Crippen molar-refractivity contribution >= 4 is 25.4 Å². The number of methoxy groups -OCH3 is 1. The van der Waals surface area contributed by atoms with Gasteiger partial charge in [-0.2, -0.15) is 0 Å². The van der Waals surface area contributed by atoms with Crippen molar-refractivity contribution in [2.75, 3.05) is 13.7 Å². The van der Waals surface area contributed by atoms with E-state index in [4.69, 9.17) is 14.2 Å². The van der Waals surface area contributed by atoms with Gasteiger partial charge >= 0.3 is 167 Å². The molecule has 3 rings (SSSR count). The van der Waals surface area contributed by atoms with E-state index in [0.717, 1.165) is 28.6 Å². The molecule has 0 bridgehead atoms. The molecular formula is C22H24O4Se. The monoisotopic (exact) mass is 432 g/mol. The molecule has 0 amide bonds. The Morgan fingerprint density at radius 1 is 1.19 bits per heavy atom. The van der Waals surface area contributed by atoms with E-state index in [1.54, 1.807) is 7.11 Å². The first-order chi connectivity index (χ1) is 13.2. The summed E-state index contributed by atoms with van der Waals surface area (Å²) in [6.07, 6.45) is 2.04. The number of hydrogen-bond acceptors (Lipinski definition) is 4. The number of esters is 1. The Kier molecular flexibility index (Phi) is 7.11. The fourth-order valence-electron chi connectivity index (χ4n) is 2.82. The number of unbranched alkanes of at least 4 members (excludes halogenated alkanes) is 1. The predicted molar refractivity (Wildman–Crippen MR) is 106 cm³/mol. The van der Waals surface area contributed by atoms with Crippen LogP contribution in [-0.4, -0.2) is 34.6 Å². The third kappa shape index (κ3) is 5.23. The molecule has 0 radical (unpaired) electrons. The number of rotatable bonds is 8. The zero-order valence-corrected chi connectivity index (χ0v) is 17.4. The number of carbonyl (C=O) groups is 1. The molecular weight excluding hydrogens is 407 g/mol. The zero-order chi connectivity index (χ0) is 19.1. The number of hydrogen-bond donors (Lipinski definition) is 0. The quantitative estimate of drug-likeness (QED) is 0.472. The van der Waals surface area contributed by atoms with Gasteiger partial charge in [0.2, 0.25) is 0 Å². The van der Waals surface area contributed by atoms with Crippen LogP contribution >= 0.6 is 0 Å². The van der Waals surface area contributed by atoms with E-state index in [2.05, 4.69) is 19.1 Å². The molecule has 1 aliphatic heterocycles.